The van der Waals surface area contributed by atoms with Crippen molar-refractivity contribution in [3.63, 3.8) is 0 Å². The van der Waals surface area contributed by atoms with E-state index in [0.29, 0.717) is 11.8 Å². The Morgan fingerprint density at radius 3 is 1.82 bits per heavy atom. The van der Waals surface area contributed by atoms with Gasteiger partial charge in [0.25, 0.3) is 0 Å². The lowest BCUT2D eigenvalue weighted by atomic mass is 10.4. The Bertz CT molecular complexity index is 179. The van der Waals surface area contributed by atoms with Crippen molar-refractivity contribution in [2.24, 2.45) is 4.99 Å². The summed E-state index contributed by atoms with van der Waals surface area (Å²) in [5.41, 5.74) is 1.03. The SMILES string of the molecule is COC(/N=C(\C)OC)=C(C)C. The van der Waals surface area contributed by atoms with Crippen molar-refractivity contribution in [3.05, 3.63) is 11.5 Å². The summed E-state index contributed by atoms with van der Waals surface area (Å²) < 4.78 is 9.86. The summed E-state index contributed by atoms with van der Waals surface area (Å²) in [5, 5.41) is 0. The molecule has 0 aliphatic carbocycles. The Hall–Kier alpha value is -0.990. The molecular weight excluding hydrogens is 142 g/mol. The molecule has 0 heterocycles. The molecule has 0 fully saturated rings. The molecule has 0 bridgehead atoms. The van der Waals surface area contributed by atoms with Crippen molar-refractivity contribution in [3.8, 4) is 0 Å². The summed E-state index contributed by atoms with van der Waals surface area (Å²) in [7, 11) is 3.17. The van der Waals surface area contributed by atoms with Crippen LogP contribution >= 0.6 is 0 Å². The van der Waals surface area contributed by atoms with Crippen molar-refractivity contribution in [1.29, 1.82) is 0 Å². The van der Waals surface area contributed by atoms with Gasteiger partial charge in [0.15, 0.2) is 5.90 Å². The van der Waals surface area contributed by atoms with Crippen LogP contribution in [0, 0.1) is 0 Å². The van der Waals surface area contributed by atoms with E-state index in [4.69, 9.17) is 9.47 Å². The number of nitrogens with zero attached hydrogens (tertiary/aromatic N) is 1. The van der Waals surface area contributed by atoms with Gasteiger partial charge in [-0.1, -0.05) is 0 Å². The van der Waals surface area contributed by atoms with E-state index in [1.165, 1.54) is 0 Å². The van der Waals surface area contributed by atoms with Crippen LogP contribution in [0.25, 0.3) is 0 Å². The zero-order valence-corrected chi connectivity index (χ0v) is 7.76. The molecule has 0 saturated carbocycles. The molecule has 0 aromatic carbocycles. The number of aliphatic imine (C=N–C) groups is 1. The topological polar surface area (TPSA) is 30.8 Å². The maximum Gasteiger partial charge on any atom is 0.214 e. The number of hydrogen-bond donors (Lipinski definition) is 0. The molecule has 0 aliphatic heterocycles. The second-order valence-electron chi connectivity index (χ2n) is 2.34. The molecule has 0 atom stereocenters. The fourth-order valence-corrected chi connectivity index (χ4v) is 0.550. The molecule has 11 heavy (non-hydrogen) atoms. The lowest BCUT2D eigenvalue weighted by molar-refractivity contribution is 0.279. The summed E-state index contributed by atoms with van der Waals surface area (Å²) in [5.74, 6) is 1.22. The molecule has 0 unspecified atom stereocenters. The van der Waals surface area contributed by atoms with E-state index >= 15 is 0 Å². The van der Waals surface area contributed by atoms with Gasteiger partial charge >= 0.3 is 0 Å². The molecule has 0 amide bonds. The quantitative estimate of drug-likeness (QED) is 0.348. The fraction of sp³-hybridized carbons (Fsp3) is 0.625. The van der Waals surface area contributed by atoms with E-state index in [1.807, 2.05) is 13.8 Å². The lowest BCUT2D eigenvalue weighted by Gasteiger charge is -2.03. The van der Waals surface area contributed by atoms with Crippen LogP contribution < -0.4 is 0 Å². The van der Waals surface area contributed by atoms with Crippen molar-refractivity contribution >= 4 is 5.90 Å². The Kier molecular flexibility index (Phi) is 4.34. The molecular formula is C8H15NO2. The molecule has 0 aromatic heterocycles. The van der Waals surface area contributed by atoms with Gasteiger partial charge in [0.1, 0.15) is 0 Å². The molecule has 64 valence electrons. The minimum atomic E-state index is 0.600. The third kappa shape index (κ3) is 3.65. The zero-order valence-electron chi connectivity index (χ0n) is 7.76. The molecule has 0 spiro atoms. The van der Waals surface area contributed by atoms with E-state index in [1.54, 1.807) is 21.1 Å². The molecule has 0 saturated heterocycles. The summed E-state index contributed by atoms with van der Waals surface area (Å²) in [6.07, 6.45) is 0. The van der Waals surface area contributed by atoms with Gasteiger partial charge in [-0.15, -0.1) is 0 Å². The van der Waals surface area contributed by atoms with Crippen LogP contribution in [-0.4, -0.2) is 20.1 Å². The number of rotatable bonds is 2. The molecule has 0 radical (unpaired) electrons. The van der Waals surface area contributed by atoms with E-state index in [2.05, 4.69) is 4.99 Å². The second kappa shape index (κ2) is 4.77. The first kappa shape index (κ1) is 10.0. The van der Waals surface area contributed by atoms with Crippen LogP contribution in [0.5, 0.6) is 0 Å². The average molecular weight is 157 g/mol. The number of allylic oxidation sites excluding steroid dienone is 1. The van der Waals surface area contributed by atoms with Gasteiger partial charge in [0.2, 0.25) is 5.88 Å². The summed E-state index contributed by atoms with van der Waals surface area (Å²) in [6.45, 7) is 5.65. The van der Waals surface area contributed by atoms with E-state index < -0.39 is 0 Å². The number of ether oxygens (including phenoxy) is 2. The highest BCUT2D eigenvalue weighted by molar-refractivity contribution is 5.73. The first-order valence-corrected chi connectivity index (χ1v) is 3.42. The molecule has 3 heteroatoms. The van der Waals surface area contributed by atoms with Crippen LogP contribution in [0.4, 0.5) is 0 Å². The standard InChI is InChI=1S/C8H15NO2/c1-6(2)8(11-5)9-7(3)10-4/h1-5H3/b9-7+. The number of methoxy groups -OCH3 is 2. The van der Waals surface area contributed by atoms with Gasteiger partial charge in [-0.05, 0) is 19.4 Å². The van der Waals surface area contributed by atoms with Crippen LogP contribution in [0.15, 0.2) is 16.4 Å². The van der Waals surface area contributed by atoms with Crippen LogP contribution in [0.1, 0.15) is 20.8 Å². The highest BCUT2D eigenvalue weighted by Gasteiger charge is 1.96. The average Bonchev–Trinajstić information content (AvgIpc) is 1.99. The van der Waals surface area contributed by atoms with Crippen molar-refractivity contribution in [2.75, 3.05) is 14.2 Å². The maximum absolute atomic E-state index is 5.00. The highest BCUT2D eigenvalue weighted by atomic mass is 16.5. The molecule has 0 N–H and O–H groups in total. The largest absolute Gasteiger partial charge is 0.484 e. The fourth-order valence-electron chi connectivity index (χ4n) is 0.550. The third-order valence-electron chi connectivity index (χ3n) is 1.18. The predicted molar refractivity (Wildman–Crippen MR) is 45.5 cm³/mol. The van der Waals surface area contributed by atoms with Gasteiger partial charge in [-0.3, -0.25) is 0 Å². The summed E-state index contributed by atoms with van der Waals surface area (Å²) in [6, 6.07) is 0. The van der Waals surface area contributed by atoms with E-state index in [0.717, 1.165) is 5.57 Å². The van der Waals surface area contributed by atoms with Gasteiger partial charge in [-0.25, -0.2) is 0 Å². The minimum absolute atomic E-state index is 0.600. The van der Waals surface area contributed by atoms with Gasteiger partial charge in [0.05, 0.1) is 14.2 Å². The zero-order chi connectivity index (χ0) is 8.85. The first-order valence-electron chi connectivity index (χ1n) is 3.42. The Morgan fingerprint density at radius 2 is 1.55 bits per heavy atom. The third-order valence-corrected chi connectivity index (χ3v) is 1.18. The number of hydrogen-bond acceptors (Lipinski definition) is 3. The van der Waals surface area contributed by atoms with Crippen molar-refractivity contribution in [2.45, 2.75) is 20.8 Å². The van der Waals surface area contributed by atoms with Crippen molar-refractivity contribution < 1.29 is 9.47 Å². The molecule has 3 nitrogen and oxygen atoms in total. The predicted octanol–water partition coefficient (Wildman–Crippen LogP) is 1.95. The lowest BCUT2D eigenvalue weighted by Crippen LogP contribution is -1.96. The van der Waals surface area contributed by atoms with Crippen LogP contribution in [-0.2, 0) is 9.47 Å². The second-order valence-corrected chi connectivity index (χ2v) is 2.34. The van der Waals surface area contributed by atoms with E-state index in [9.17, 15) is 0 Å². The highest BCUT2D eigenvalue weighted by Crippen LogP contribution is 2.05. The van der Waals surface area contributed by atoms with Gasteiger partial charge in [0, 0.05) is 6.92 Å². The summed E-state index contributed by atoms with van der Waals surface area (Å²) >= 11 is 0. The summed E-state index contributed by atoms with van der Waals surface area (Å²) in [4.78, 5) is 4.06. The Labute approximate surface area is 67.7 Å². The first-order chi connectivity index (χ1) is 5.11. The van der Waals surface area contributed by atoms with Gasteiger partial charge in [-0.2, -0.15) is 4.99 Å². The van der Waals surface area contributed by atoms with Gasteiger partial charge < -0.3 is 9.47 Å². The van der Waals surface area contributed by atoms with E-state index in [-0.39, 0.29) is 0 Å². The Morgan fingerprint density at radius 1 is 1.00 bits per heavy atom. The van der Waals surface area contributed by atoms with Crippen molar-refractivity contribution in [1.82, 2.24) is 0 Å². The minimum Gasteiger partial charge on any atom is -0.484 e. The Balaban J connectivity index is 4.44. The van der Waals surface area contributed by atoms with Crippen LogP contribution in [0.2, 0.25) is 0 Å². The smallest absolute Gasteiger partial charge is 0.214 e. The normalized spacial score (nSPS) is 10.8. The maximum atomic E-state index is 5.00. The molecule has 0 aromatic rings. The molecule has 0 rings (SSSR count). The monoisotopic (exact) mass is 157 g/mol. The molecule has 0 aliphatic rings. The van der Waals surface area contributed by atoms with Crippen LogP contribution in [0.3, 0.4) is 0 Å².